The van der Waals surface area contributed by atoms with E-state index in [0.29, 0.717) is 6.61 Å². The van der Waals surface area contributed by atoms with Crippen LogP contribution in [-0.2, 0) is 21.5 Å². The Bertz CT molecular complexity index is 1180. The van der Waals surface area contributed by atoms with Crippen LogP contribution in [0.1, 0.15) is 29.2 Å². The summed E-state index contributed by atoms with van der Waals surface area (Å²) in [6, 6.07) is 23.6. The lowest BCUT2D eigenvalue weighted by Crippen LogP contribution is -2.27. The third kappa shape index (κ3) is 4.91. The first-order chi connectivity index (χ1) is 16.1. The van der Waals surface area contributed by atoms with Gasteiger partial charge in [0.15, 0.2) is 5.54 Å². The first-order valence-electron chi connectivity index (χ1n) is 10.7. The maximum absolute atomic E-state index is 8.81. The zero-order valence-electron chi connectivity index (χ0n) is 19.0. The van der Waals surface area contributed by atoms with Crippen molar-refractivity contribution < 1.29 is 14.3 Å². The lowest BCUT2D eigenvalue weighted by atomic mass is 9.82. The normalized spacial score (nSPS) is 17.6. The number of carbonyl (C=O) groups is 1. The molecule has 168 valence electrons. The Labute approximate surface area is 195 Å². The van der Waals surface area contributed by atoms with E-state index >= 15 is 0 Å². The molecule has 5 rings (SSSR count). The molecule has 2 N–H and O–H groups in total. The molecule has 3 aromatic rings. The minimum atomic E-state index is -0.637. The number of fused-ring (bicyclic) bond motifs is 1. The number of aryl methyl sites for hydroxylation is 1. The van der Waals surface area contributed by atoms with Crippen molar-refractivity contribution in [1.29, 1.82) is 0 Å². The number of carbonyl (C=O) groups excluding carboxylic acids is 1. The van der Waals surface area contributed by atoms with Gasteiger partial charge in [0.1, 0.15) is 18.6 Å². The molecule has 0 bridgehead atoms. The Morgan fingerprint density at radius 3 is 2.30 bits per heavy atom. The summed E-state index contributed by atoms with van der Waals surface area (Å²) < 4.78 is 11.3. The van der Waals surface area contributed by atoms with Gasteiger partial charge in [-0.1, -0.05) is 54.1 Å². The number of amidine groups is 1. The number of hydrogen-bond donors (Lipinski definition) is 1. The van der Waals surface area contributed by atoms with Crippen molar-refractivity contribution >= 4 is 12.3 Å². The van der Waals surface area contributed by atoms with Gasteiger partial charge in [0.25, 0.3) is 6.02 Å². The molecule has 1 unspecified atom stereocenters. The Morgan fingerprint density at radius 1 is 0.970 bits per heavy atom. The molecule has 3 aromatic carbocycles. The number of aliphatic imine (C=N–C) groups is 1. The monoisotopic (exact) mass is 440 g/mol. The minimum absolute atomic E-state index is 0.234. The molecule has 0 amide bonds. The van der Waals surface area contributed by atoms with Gasteiger partial charge in [-0.15, -0.1) is 12.8 Å². The van der Waals surface area contributed by atoms with Crippen molar-refractivity contribution in [3.05, 3.63) is 89.0 Å². The van der Waals surface area contributed by atoms with E-state index in [9.17, 15) is 0 Å². The van der Waals surface area contributed by atoms with Gasteiger partial charge >= 0.3 is 0 Å². The number of nitrogens with two attached hydrogens (primary N) is 1. The van der Waals surface area contributed by atoms with E-state index < -0.39 is 5.54 Å². The van der Waals surface area contributed by atoms with E-state index in [4.69, 9.17) is 25.0 Å². The van der Waals surface area contributed by atoms with Crippen LogP contribution < -0.4 is 10.5 Å². The van der Waals surface area contributed by atoms with Crippen LogP contribution in [-0.4, -0.2) is 25.5 Å². The van der Waals surface area contributed by atoms with E-state index in [1.54, 1.807) is 0 Å². The van der Waals surface area contributed by atoms with Crippen molar-refractivity contribution in [1.82, 2.24) is 0 Å². The molecular formula is C28H28N2O3. The van der Waals surface area contributed by atoms with Crippen LogP contribution >= 0.6 is 0 Å². The van der Waals surface area contributed by atoms with Gasteiger partial charge in [-0.3, -0.25) is 0 Å². The Balaban J connectivity index is 0.000000569. The summed E-state index contributed by atoms with van der Waals surface area (Å²) in [5.41, 5.74) is 12.3. The fraction of sp³-hybridized carbons (Fsp3) is 0.214. The largest absolute Gasteiger partial charge is 0.493 e. The van der Waals surface area contributed by atoms with E-state index in [1.807, 2.05) is 6.07 Å². The molecule has 2 aliphatic rings. The van der Waals surface area contributed by atoms with Gasteiger partial charge in [-0.2, -0.15) is 0 Å². The number of rotatable bonds is 3. The predicted octanol–water partition coefficient (Wildman–Crippen LogP) is 4.64. The zero-order chi connectivity index (χ0) is 23.8. The van der Waals surface area contributed by atoms with Crippen LogP contribution in [0.2, 0.25) is 0 Å². The number of ether oxygens (including phenoxy) is 2. The zero-order valence-corrected chi connectivity index (χ0v) is 19.0. The lowest BCUT2D eigenvalue weighted by molar-refractivity contribution is -0.106. The molecule has 0 spiro atoms. The van der Waals surface area contributed by atoms with Crippen molar-refractivity contribution in [2.24, 2.45) is 10.7 Å². The standard InChI is InChI=1S/C24H22N2O2.C2H4O.C2H2/c1-16-4-2-5-17(12-16)18-6-3-7-20(13-18)24(15-28-23(25)26-24)21-8-9-22-19(14-21)10-11-27-22;1-2-3;1-2/h2-9,12-14H,10-11,15H2,1H3,(H2,25,26);2H,1H3;1-2H. The predicted molar refractivity (Wildman–Crippen MR) is 132 cm³/mol. The molecule has 0 saturated heterocycles. The van der Waals surface area contributed by atoms with E-state index in [0.717, 1.165) is 41.8 Å². The Kier molecular flexibility index (Phi) is 7.53. The fourth-order valence-electron chi connectivity index (χ4n) is 4.12. The van der Waals surface area contributed by atoms with Crippen LogP contribution in [0.3, 0.4) is 0 Å². The third-order valence-electron chi connectivity index (χ3n) is 5.59. The first-order valence-corrected chi connectivity index (χ1v) is 10.7. The van der Waals surface area contributed by atoms with Gasteiger partial charge < -0.3 is 20.0 Å². The molecule has 0 saturated carbocycles. The molecule has 0 aromatic heterocycles. The van der Waals surface area contributed by atoms with Crippen LogP contribution in [0.5, 0.6) is 5.75 Å². The minimum Gasteiger partial charge on any atom is -0.493 e. The molecule has 2 aliphatic heterocycles. The molecule has 0 aliphatic carbocycles. The fourth-order valence-corrected chi connectivity index (χ4v) is 4.12. The van der Waals surface area contributed by atoms with Crippen molar-refractivity contribution in [3.63, 3.8) is 0 Å². The number of benzene rings is 3. The second-order valence-corrected chi connectivity index (χ2v) is 7.71. The number of terminal acetylenes is 1. The quantitative estimate of drug-likeness (QED) is 0.476. The Morgan fingerprint density at radius 2 is 1.64 bits per heavy atom. The number of aldehydes is 1. The SMILES string of the molecule is C#C.CC=O.Cc1cccc(-c2cccc(C3(c4ccc5c(c4)CCO5)COC(N)=N3)c2)c1. The van der Waals surface area contributed by atoms with Gasteiger partial charge in [-0.25, -0.2) is 4.99 Å². The van der Waals surface area contributed by atoms with Crippen molar-refractivity contribution in [2.75, 3.05) is 13.2 Å². The van der Waals surface area contributed by atoms with Crippen molar-refractivity contribution in [3.8, 4) is 29.7 Å². The molecule has 33 heavy (non-hydrogen) atoms. The second kappa shape index (κ2) is 10.5. The smallest absolute Gasteiger partial charge is 0.283 e. The molecule has 5 heteroatoms. The van der Waals surface area contributed by atoms with E-state index in [-0.39, 0.29) is 6.02 Å². The Hall–Kier alpha value is -4.04. The van der Waals surface area contributed by atoms with Gasteiger partial charge in [0, 0.05) is 6.42 Å². The topological polar surface area (TPSA) is 73.9 Å². The van der Waals surface area contributed by atoms with Gasteiger partial charge in [0.05, 0.1) is 6.61 Å². The van der Waals surface area contributed by atoms with Crippen LogP contribution in [0.4, 0.5) is 0 Å². The average molecular weight is 441 g/mol. The molecule has 0 radical (unpaired) electrons. The summed E-state index contributed by atoms with van der Waals surface area (Å²) in [6.45, 7) is 4.68. The summed E-state index contributed by atoms with van der Waals surface area (Å²) in [7, 11) is 0. The maximum atomic E-state index is 8.81. The highest BCUT2D eigenvalue weighted by Crippen LogP contribution is 2.41. The second-order valence-electron chi connectivity index (χ2n) is 7.71. The van der Waals surface area contributed by atoms with Crippen LogP contribution in [0, 0.1) is 19.8 Å². The molecule has 2 heterocycles. The summed E-state index contributed by atoms with van der Waals surface area (Å²) in [5.74, 6) is 0.961. The molecular weight excluding hydrogens is 412 g/mol. The number of hydrogen-bond acceptors (Lipinski definition) is 5. The van der Waals surface area contributed by atoms with Crippen LogP contribution in [0.25, 0.3) is 11.1 Å². The first kappa shape index (κ1) is 23.6. The highest BCUT2D eigenvalue weighted by Gasteiger charge is 2.40. The van der Waals surface area contributed by atoms with Crippen molar-refractivity contribution in [2.45, 2.75) is 25.8 Å². The lowest BCUT2D eigenvalue weighted by Gasteiger charge is -2.26. The highest BCUT2D eigenvalue weighted by atomic mass is 16.5. The van der Waals surface area contributed by atoms with Gasteiger partial charge in [-0.05, 0) is 59.9 Å². The number of nitrogens with zero attached hydrogens (tertiary/aromatic N) is 1. The van der Waals surface area contributed by atoms with E-state index in [2.05, 4.69) is 80.4 Å². The molecule has 1 atom stereocenters. The summed E-state index contributed by atoms with van der Waals surface area (Å²) in [4.78, 5) is 13.6. The summed E-state index contributed by atoms with van der Waals surface area (Å²) >= 11 is 0. The third-order valence-corrected chi connectivity index (χ3v) is 5.59. The van der Waals surface area contributed by atoms with Crippen LogP contribution in [0.15, 0.2) is 71.7 Å². The van der Waals surface area contributed by atoms with E-state index in [1.165, 1.54) is 23.6 Å². The average Bonchev–Trinajstić information content (AvgIpc) is 3.48. The van der Waals surface area contributed by atoms with Gasteiger partial charge in [0.2, 0.25) is 0 Å². The molecule has 5 nitrogen and oxygen atoms in total. The molecule has 0 fully saturated rings. The summed E-state index contributed by atoms with van der Waals surface area (Å²) in [6.07, 6.45) is 9.67. The highest BCUT2D eigenvalue weighted by molar-refractivity contribution is 5.76. The maximum Gasteiger partial charge on any atom is 0.283 e. The summed E-state index contributed by atoms with van der Waals surface area (Å²) in [5, 5.41) is 0.